The van der Waals surface area contributed by atoms with Gasteiger partial charge in [-0.1, -0.05) is 0 Å². The summed E-state index contributed by atoms with van der Waals surface area (Å²) in [6.45, 7) is 2.41. The molecule has 0 bridgehead atoms. The number of likely N-dealkylation sites (tertiary alicyclic amines) is 1. The molecular formula is C16H16N2O5S. The second-order valence-electron chi connectivity index (χ2n) is 5.99. The molecule has 2 aliphatic rings. The summed E-state index contributed by atoms with van der Waals surface area (Å²) >= 11 is 1.37. The molecular weight excluding hydrogens is 332 g/mol. The number of nitrogens with zero attached hydrogens (tertiary/aromatic N) is 2. The fraction of sp³-hybridized carbons (Fsp3) is 0.438. The lowest BCUT2D eigenvalue weighted by Gasteiger charge is -2.37. The van der Waals surface area contributed by atoms with Gasteiger partial charge in [-0.25, -0.2) is 0 Å². The van der Waals surface area contributed by atoms with Crippen LogP contribution in [0, 0.1) is 10.1 Å². The first-order valence-electron chi connectivity index (χ1n) is 7.82. The zero-order valence-electron chi connectivity index (χ0n) is 12.9. The number of amides is 1. The molecule has 126 valence electrons. The van der Waals surface area contributed by atoms with Crippen LogP contribution >= 0.6 is 11.3 Å². The summed E-state index contributed by atoms with van der Waals surface area (Å²) in [4.78, 5) is 25.6. The Bertz CT molecular complexity index is 802. The van der Waals surface area contributed by atoms with Crippen LogP contribution in [0.5, 0.6) is 0 Å². The summed E-state index contributed by atoms with van der Waals surface area (Å²) in [5, 5.41) is 11.6. The summed E-state index contributed by atoms with van der Waals surface area (Å²) < 4.78 is 12.2. The maximum absolute atomic E-state index is 12.7. The van der Waals surface area contributed by atoms with Crippen molar-refractivity contribution >= 4 is 33.0 Å². The monoisotopic (exact) mass is 348 g/mol. The molecule has 7 nitrogen and oxygen atoms in total. The van der Waals surface area contributed by atoms with E-state index in [4.69, 9.17) is 9.47 Å². The van der Waals surface area contributed by atoms with Gasteiger partial charge in [-0.2, -0.15) is 0 Å². The second kappa shape index (κ2) is 5.80. The Kier molecular flexibility index (Phi) is 3.75. The maximum Gasteiger partial charge on any atom is 0.270 e. The minimum atomic E-state index is -0.502. The highest BCUT2D eigenvalue weighted by Gasteiger charge is 2.41. The predicted octanol–water partition coefficient (Wildman–Crippen LogP) is 2.79. The van der Waals surface area contributed by atoms with Gasteiger partial charge < -0.3 is 14.4 Å². The van der Waals surface area contributed by atoms with E-state index in [1.807, 2.05) is 0 Å². The lowest BCUT2D eigenvalue weighted by atomic mass is 10.0. The van der Waals surface area contributed by atoms with Crippen molar-refractivity contribution < 1.29 is 19.2 Å². The highest BCUT2D eigenvalue weighted by molar-refractivity contribution is 7.20. The van der Waals surface area contributed by atoms with E-state index in [2.05, 4.69) is 0 Å². The number of hydrogen-bond acceptors (Lipinski definition) is 6. The fourth-order valence-corrected chi connectivity index (χ4v) is 4.25. The Morgan fingerprint density at radius 2 is 1.92 bits per heavy atom. The van der Waals surface area contributed by atoms with Crippen molar-refractivity contribution in [2.75, 3.05) is 26.3 Å². The molecule has 0 unspecified atom stereocenters. The van der Waals surface area contributed by atoms with E-state index in [1.54, 1.807) is 17.0 Å². The summed E-state index contributed by atoms with van der Waals surface area (Å²) in [5.74, 6) is -0.538. The van der Waals surface area contributed by atoms with E-state index in [9.17, 15) is 14.9 Å². The molecule has 3 heterocycles. The first-order valence-corrected chi connectivity index (χ1v) is 8.63. The third-order valence-corrected chi connectivity index (χ3v) is 5.65. The minimum absolute atomic E-state index is 0.0355. The number of fused-ring (bicyclic) bond motifs is 1. The van der Waals surface area contributed by atoms with Crippen molar-refractivity contribution in [2.45, 2.75) is 18.6 Å². The second-order valence-corrected chi connectivity index (χ2v) is 7.07. The molecule has 0 N–H and O–H groups in total. The minimum Gasteiger partial charge on any atom is -0.347 e. The number of carbonyl (C=O) groups is 1. The van der Waals surface area contributed by atoms with E-state index < -0.39 is 10.7 Å². The van der Waals surface area contributed by atoms with Gasteiger partial charge in [0.1, 0.15) is 0 Å². The molecule has 1 aromatic carbocycles. The SMILES string of the molecule is O=C(c1cc2cc([N+](=O)[O-])ccc2s1)N1CCC2(CC1)OCCO2. The molecule has 0 radical (unpaired) electrons. The third kappa shape index (κ3) is 2.66. The van der Waals surface area contributed by atoms with Gasteiger partial charge in [0.25, 0.3) is 11.6 Å². The van der Waals surface area contributed by atoms with Crippen molar-refractivity contribution in [1.29, 1.82) is 0 Å². The fourth-order valence-electron chi connectivity index (χ4n) is 3.24. The van der Waals surface area contributed by atoms with Crippen LogP contribution in [-0.2, 0) is 9.47 Å². The molecule has 0 atom stereocenters. The van der Waals surface area contributed by atoms with Gasteiger partial charge in [-0.3, -0.25) is 14.9 Å². The van der Waals surface area contributed by atoms with Gasteiger partial charge >= 0.3 is 0 Å². The van der Waals surface area contributed by atoms with E-state index in [1.165, 1.54) is 23.5 Å². The van der Waals surface area contributed by atoms with Crippen molar-refractivity contribution in [3.05, 3.63) is 39.3 Å². The summed E-state index contributed by atoms with van der Waals surface area (Å²) in [7, 11) is 0. The summed E-state index contributed by atoms with van der Waals surface area (Å²) in [6, 6.07) is 6.41. The molecule has 24 heavy (non-hydrogen) atoms. The molecule has 1 amide bonds. The van der Waals surface area contributed by atoms with Crippen LogP contribution in [0.2, 0.25) is 0 Å². The van der Waals surface area contributed by atoms with Crippen LogP contribution in [0.25, 0.3) is 10.1 Å². The van der Waals surface area contributed by atoms with Crippen molar-refractivity contribution in [2.24, 2.45) is 0 Å². The Balaban J connectivity index is 1.52. The molecule has 1 spiro atoms. The number of ether oxygens (including phenoxy) is 2. The third-order valence-electron chi connectivity index (χ3n) is 4.55. The molecule has 2 fully saturated rings. The standard InChI is InChI=1S/C16H16N2O5S/c19-15(17-5-3-16(4-6-17)22-7-8-23-16)14-10-11-9-12(18(20)21)1-2-13(11)24-14/h1-2,9-10H,3-8H2. The molecule has 8 heteroatoms. The lowest BCUT2D eigenvalue weighted by molar-refractivity contribution is -0.384. The number of nitro groups is 1. The quantitative estimate of drug-likeness (QED) is 0.616. The van der Waals surface area contributed by atoms with Crippen molar-refractivity contribution in [3.63, 3.8) is 0 Å². The number of thiophene rings is 1. The normalized spacial score (nSPS) is 19.9. The lowest BCUT2D eigenvalue weighted by Crippen LogP contribution is -2.47. The summed E-state index contributed by atoms with van der Waals surface area (Å²) in [5.41, 5.74) is 0.0368. The van der Waals surface area contributed by atoms with Gasteiger partial charge in [0, 0.05) is 48.2 Å². The van der Waals surface area contributed by atoms with Gasteiger partial charge in [-0.05, 0) is 12.1 Å². The van der Waals surface area contributed by atoms with Crippen molar-refractivity contribution in [3.8, 4) is 0 Å². The topological polar surface area (TPSA) is 81.9 Å². The molecule has 0 saturated carbocycles. The highest BCUT2D eigenvalue weighted by atomic mass is 32.1. The maximum atomic E-state index is 12.7. The molecule has 4 rings (SSSR count). The number of nitro benzene ring substituents is 1. The van der Waals surface area contributed by atoms with Crippen LogP contribution < -0.4 is 0 Å². The van der Waals surface area contributed by atoms with Gasteiger partial charge in [0.2, 0.25) is 0 Å². The Morgan fingerprint density at radius 1 is 1.21 bits per heavy atom. The van der Waals surface area contributed by atoms with Crippen LogP contribution in [0.15, 0.2) is 24.3 Å². The first kappa shape index (κ1) is 15.5. The zero-order valence-corrected chi connectivity index (χ0v) is 13.7. The average molecular weight is 348 g/mol. The van der Waals surface area contributed by atoms with Gasteiger partial charge in [0.15, 0.2) is 5.79 Å². The summed E-state index contributed by atoms with van der Waals surface area (Å²) in [6.07, 6.45) is 1.35. The highest BCUT2D eigenvalue weighted by Crippen LogP contribution is 2.34. The first-order chi connectivity index (χ1) is 11.6. The molecule has 1 aromatic heterocycles. The van der Waals surface area contributed by atoms with Crippen LogP contribution in [0.1, 0.15) is 22.5 Å². The van der Waals surface area contributed by atoms with Gasteiger partial charge in [-0.15, -0.1) is 11.3 Å². The zero-order chi connectivity index (χ0) is 16.7. The number of rotatable bonds is 2. The largest absolute Gasteiger partial charge is 0.347 e. The predicted molar refractivity (Wildman–Crippen MR) is 88.3 cm³/mol. The average Bonchev–Trinajstić information content (AvgIpc) is 3.21. The van der Waals surface area contributed by atoms with E-state index in [0.717, 1.165) is 10.1 Å². The van der Waals surface area contributed by atoms with Crippen LogP contribution in [0.4, 0.5) is 5.69 Å². The molecule has 2 aromatic rings. The van der Waals surface area contributed by atoms with E-state index in [0.29, 0.717) is 44.0 Å². The number of carbonyl (C=O) groups excluding carboxylic acids is 1. The van der Waals surface area contributed by atoms with E-state index >= 15 is 0 Å². The van der Waals surface area contributed by atoms with Crippen LogP contribution in [0.3, 0.4) is 0 Å². The molecule has 2 aliphatic heterocycles. The Morgan fingerprint density at radius 3 is 2.58 bits per heavy atom. The van der Waals surface area contributed by atoms with Crippen molar-refractivity contribution in [1.82, 2.24) is 4.90 Å². The molecule has 2 saturated heterocycles. The number of piperidine rings is 1. The number of hydrogen-bond donors (Lipinski definition) is 0. The smallest absolute Gasteiger partial charge is 0.270 e. The van der Waals surface area contributed by atoms with E-state index in [-0.39, 0.29) is 11.6 Å². The Labute approximate surface area is 141 Å². The number of benzene rings is 1. The van der Waals surface area contributed by atoms with Crippen LogP contribution in [-0.4, -0.2) is 47.8 Å². The Hall–Kier alpha value is -2.03. The molecule has 0 aliphatic carbocycles. The number of non-ortho nitro benzene ring substituents is 1. The van der Waals surface area contributed by atoms with Gasteiger partial charge in [0.05, 0.1) is 23.0 Å².